The summed E-state index contributed by atoms with van der Waals surface area (Å²) in [6.45, 7) is 3.87. The molecule has 146 valence electrons. The third kappa shape index (κ3) is 5.54. The van der Waals surface area contributed by atoms with Gasteiger partial charge in [0.25, 0.3) is 5.91 Å². The lowest BCUT2D eigenvalue weighted by Crippen LogP contribution is -2.39. The van der Waals surface area contributed by atoms with E-state index in [2.05, 4.69) is 4.74 Å². The molecule has 0 saturated heterocycles. The van der Waals surface area contributed by atoms with E-state index in [9.17, 15) is 14.4 Å². The summed E-state index contributed by atoms with van der Waals surface area (Å²) in [7, 11) is 1.31. The molecule has 0 bridgehead atoms. The highest BCUT2D eigenvalue weighted by molar-refractivity contribution is 5.98. The number of carbonyl (C=O) groups excluding carboxylic acids is 3. The number of carbonyl (C=O) groups is 3. The van der Waals surface area contributed by atoms with Crippen LogP contribution in [-0.2, 0) is 19.1 Å². The molecule has 0 saturated carbocycles. The van der Waals surface area contributed by atoms with Crippen LogP contribution in [0, 0.1) is 0 Å². The van der Waals surface area contributed by atoms with Gasteiger partial charge in [-0.1, -0.05) is 30.3 Å². The fraction of sp³-hybridized carbons (Fsp3) is 0.227. The van der Waals surface area contributed by atoms with Crippen molar-refractivity contribution in [3.8, 4) is 0 Å². The minimum atomic E-state index is -0.918. The summed E-state index contributed by atoms with van der Waals surface area (Å²) < 4.78 is 9.86. The minimum Gasteiger partial charge on any atom is -0.465 e. The van der Waals surface area contributed by atoms with Crippen molar-refractivity contribution in [1.82, 2.24) is 0 Å². The first-order chi connectivity index (χ1) is 13.5. The average Bonchev–Trinajstić information content (AvgIpc) is 2.73. The van der Waals surface area contributed by atoms with Gasteiger partial charge in [-0.3, -0.25) is 4.79 Å². The Balaban J connectivity index is 1.96. The predicted molar refractivity (Wildman–Crippen MR) is 107 cm³/mol. The van der Waals surface area contributed by atoms with Crippen LogP contribution in [0.25, 0.3) is 6.08 Å². The van der Waals surface area contributed by atoms with Crippen molar-refractivity contribution in [3.05, 3.63) is 71.8 Å². The lowest BCUT2D eigenvalue weighted by atomic mass is 10.1. The third-order valence-electron chi connectivity index (χ3n) is 4.03. The lowest BCUT2D eigenvalue weighted by Gasteiger charge is -2.24. The first kappa shape index (κ1) is 20.9. The number of hydrogen-bond acceptors (Lipinski definition) is 5. The van der Waals surface area contributed by atoms with Gasteiger partial charge in [0, 0.05) is 18.3 Å². The molecule has 2 aromatic carbocycles. The van der Waals surface area contributed by atoms with Crippen molar-refractivity contribution >= 4 is 29.6 Å². The Labute approximate surface area is 164 Å². The van der Waals surface area contributed by atoms with Crippen molar-refractivity contribution in [2.45, 2.75) is 20.0 Å². The Morgan fingerprint density at radius 3 is 2.25 bits per heavy atom. The molecule has 0 heterocycles. The van der Waals surface area contributed by atoms with Crippen LogP contribution in [0.15, 0.2) is 60.7 Å². The fourth-order valence-corrected chi connectivity index (χ4v) is 2.57. The number of benzene rings is 2. The summed E-state index contributed by atoms with van der Waals surface area (Å²) >= 11 is 0. The molecular weight excluding hydrogens is 358 g/mol. The second-order valence-corrected chi connectivity index (χ2v) is 5.94. The SMILES string of the molecule is CCN(C(=O)[C@@H](C)OC(=O)/C=C/c1ccc(C(=O)OC)cc1)c1ccccc1. The maximum Gasteiger partial charge on any atom is 0.337 e. The Bertz CT molecular complexity index is 843. The number of ether oxygens (including phenoxy) is 2. The summed E-state index contributed by atoms with van der Waals surface area (Å²) in [6, 6.07) is 15.8. The molecule has 1 amide bonds. The van der Waals surface area contributed by atoms with E-state index in [0.717, 1.165) is 5.69 Å². The van der Waals surface area contributed by atoms with Crippen LogP contribution in [0.3, 0.4) is 0 Å². The van der Waals surface area contributed by atoms with Crippen LogP contribution in [0.4, 0.5) is 5.69 Å². The summed E-state index contributed by atoms with van der Waals surface area (Å²) in [5, 5.41) is 0. The first-order valence-electron chi connectivity index (χ1n) is 8.89. The van der Waals surface area contributed by atoms with E-state index in [1.165, 1.54) is 13.2 Å². The van der Waals surface area contributed by atoms with Crippen molar-refractivity contribution in [1.29, 1.82) is 0 Å². The molecular formula is C22H23NO5. The highest BCUT2D eigenvalue weighted by Gasteiger charge is 2.23. The second-order valence-electron chi connectivity index (χ2n) is 5.94. The van der Waals surface area contributed by atoms with Crippen LogP contribution in [0.1, 0.15) is 29.8 Å². The topological polar surface area (TPSA) is 72.9 Å². The molecule has 28 heavy (non-hydrogen) atoms. The molecule has 0 aliphatic rings. The number of hydrogen-bond donors (Lipinski definition) is 0. The van der Waals surface area contributed by atoms with Crippen molar-refractivity contribution in [2.24, 2.45) is 0 Å². The maximum absolute atomic E-state index is 12.6. The smallest absolute Gasteiger partial charge is 0.337 e. The van der Waals surface area contributed by atoms with E-state index < -0.39 is 18.0 Å². The van der Waals surface area contributed by atoms with Gasteiger partial charge in [-0.25, -0.2) is 9.59 Å². The predicted octanol–water partition coefficient (Wildman–Crippen LogP) is 3.47. The van der Waals surface area contributed by atoms with Gasteiger partial charge >= 0.3 is 11.9 Å². The highest BCUT2D eigenvalue weighted by atomic mass is 16.5. The van der Waals surface area contributed by atoms with Gasteiger partial charge in [-0.2, -0.15) is 0 Å². The monoisotopic (exact) mass is 381 g/mol. The molecule has 6 heteroatoms. The van der Waals surface area contributed by atoms with Crippen LogP contribution >= 0.6 is 0 Å². The van der Waals surface area contributed by atoms with Gasteiger partial charge < -0.3 is 14.4 Å². The number of rotatable bonds is 7. The number of nitrogens with zero attached hydrogens (tertiary/aromatic N) is 1. The van der Waals surface area contributed by atoms with Gasteiger partial charge in [0.2, 0.25) is 0 Å². The van der Waals surface area contributed by atoms with E-state index in [1.807, 2.05) is 37.3 Å². The molecule has 0 aliphatic carbocycles. The van der Waals surface area contributed by atoms with Crippen molar-refractivity contribution in [2.75, 3.05) is 18.6 Å². The molecule has 2 rings (SSSR count). The van der Waals surface area contributed by atoms with Gasteiger partial charge in [0.05, 0.1) is 12.7 Å². The summed E-state index contributed by atoms with van der Waals surface area (Å²) in [5.74, 6) is -1.35. The van der Waals surface area contributed by atoms with Crippen molar-refractivity contribution in [3.63, 3.8) is 0 Å². The fourth-order valence-electron chi connectivity index (χ4n) is 2.57. The average molecular weight is 381 g/mol. The van der Waals surface area contributed by atoms with E-state index in [4.69, 9.17) is 4.74 Å². The largest absolute Gasteiger partial charge is 0.465 e. The zero-order valence-corrected chi connectivity index (χ0v) is 16.1. The molecule has 1 atom stereocenters. The molecule has 0 N–H and O–H groups in total. The van der Waals surface area contributed by atoms with Crippen LogP contribution in [0.5, 0.6) is 0 Å². The number of para-hydroxylation sites is 1. The molecule has 0 aromatic heterocycles. The zero-order chi connectivity index (χ0) is 20.5. The molecule has 0 fully saturated rings. The Kier molecular flexibility index (Phi) is 7.51. The van der Waals surface area contributed by atoms with E-state index in [1.54, 1.807) is 42.2 Å². The van der Waals surface area contributed by atoms with Crippen molar-refractivity contribution < 1.29 is 23.9 Å². The normalized spacial score (nSPS) is 11.7. The second kappa shape index (κ2) is 10.1. The minimum absolute atomic E-state index is 0.294. The van der Waals surface area contributed by atoms with E-state index >= 15 is 0 Å². The number of amides is 1. The molecule has 0 unspecified atom stereocenters. The zero-order valence-electron chi connectivity index (χ0n) is 16.1. The third-order valence-corrected chi connectivity index (χ3v) is 4.03. The number of esters is 2. The van der Waals surface area contributed by atoms with E-state index in [-0.39, 0.29) is 5.91 Å². The highest BCUT2D eigenvalue weighted by Crippen LogP contribution is 2.15. The lowest BCUT2D eigenvalue weighted by molar-refractivity contribution is -0.149. The summed E-state index contributed by atoms with van der Waals surface area (Å²) in [4.78, 5) is 37.6. The Morgan fingerprint density at radius 2 is 1.68 bits per heavy atom. The molecule has 0 radical (unpaired) electrons. The Hall–Kier alpha value is -3.41. The number of methoxy groups -OCH3 is 1. The van der Waals surface area contributed by atoms with Gasteiger partial charge in [-0.15, -0.1) is 0 Å². The molecule has 0 aliphatic heterocycles. The van der Waals surface area contributed by atoms with Gasteiger partial charge in [0.1, 0.15) is 0 Å². The van der Waals surface area contributed by atoms with Crippen LogP contribution < -0.4 is 4.90 Å². The van der Waals surface area contributed by atoms with E-state index in [0.29, 0.717) is 17.7 Å². The number of likely N-dealkylation sites (N-methyl/N-ethyl adjacent to an activating group) is 1. The molecule has 2 aromatic rings. The standard InChI is InChI=1S/C22H23NO5/c1-4-23(19-8-6-5-7-9-19)21(25)16(2)28-20(24)15-12-17-10-13-18(14-11-17)22(26)27-3/h5-16H,4H2,1-3H3/b15-12+/t16-/m1/s1. The van der Waals surface area contributed by atoms with Crippen LogP contribution in [-0.4, -0.2) is 37.6 Å². The molecule has 0 spiro atoms. The van der Waals surface area contributed by atoms with Crippen LogP contribution in [0.2, 0.25) is 0 Å². The quantitative estimate of drug-likeness (QED) is 0.542. The maximum atomic E-state index is 12.6. The Morgan fingerprint density at radius 1 is 1.04 bits per heavy atom. The van der Waals surface area contributed by atoms with Gasteiger partial charge in [0.15, 0.2) is 6.10 Å². The molecule has 6 nitrogen and oxygen atoms in total. The number of anilines is 1. The summed E-state index contributed by atoms with van der Waals surface area (Å²) in [5.41, 5.74) is 1.88. The summed E-state index contributed by atoms with van der Waals surface area (Å²) in [6.07, 6.45) is 1.88. The first-order valence-corrected chi connectivity index (χ1v) is 8.89. The van der Waals surface area contributed by atoms with Gasteiger partial charge in [-0.05, 0) is 49.8 Å².